The van der Waals surface area contributed by atoms with Crippen molar-refractivity contribution in [1.82, 2.24) is 25.1 Å². The molecule has 0 saturated carbocycles. The first kappa shape index (κ1) is 15.6. The number of rotatable bonds is 2. The Morgan fingerprint density at radius 3 is 2.48 bits per heavy atom. The van der Waals surface area contributed by atoms with E-state index in [9.17, 15) is 13.6 Å². The van der Waals surface area contributed by atoms with E-state index < -0.39 is 11.6 Å². The van der Waals surface area contributed by atoms with Gasteiger partial charge >= 0.3 is 0 Å². The highest BCUT2D eigenvalue weighted by molar-refractivity contribution is 5.94. The summed E-state index contributed by atoms with van der Waals surface area (Å²) in [5.41, 5.74) is 2.28. The topological polar surface area (TPSA) is 74.8 Å². The van der Waals surface area contributed by atoms with Crippen LogP contribution in [0.25, 0.3) is 11.2 Å². The summed E-state index contributed by atoms with van der Waals surface area (Å²) >= 11 is 0. The molecule has 1 saturated heterocycles. The molecule has 0 aliphatic carbocycles. The number of amides is 1. The summed E-state index contributed by atoms with van der Waals surface area (Å²) in [7, 11) is 0. The van der Waals surface area contributed by atoms with Crippen LogP contribution < -0.4 is 0 Å². The molecule has 6 nitrogen and oxygen atoms in total. The highest BCUT2D eigenvalue weighted by Gasteiger charge is 2.27. The van der Waals surface area contributed by atoms with Gasteiger partial charge in [0, 0.05) is 43.0 Å². The minimum atomic E-state index is -0.749. The second kappa shape index (κ2) is 6.19. The molecule has 0 radical (unpaired) electrons. The second-order valence-corrected chi connectivity index (χ2v) is 6.09. The lowest BCUT2D eigenvalue weighted by molar-refractivity contribution is 0.0711. The van der Waals surface area contributed by atoms with E-state index in [-0.39, 0.29) is 17.4 Å². The molecule has 1 fully saturated rings. The minimum Gasteiger partial charge on any atom is -0.339 e. The van der Waals surface area contributed by atoms with Crippen molar-refractivity contribution in [3.63, 3.8) is 0 Å². The average Bonchev–Trinajstić information content (AvgIpc) is 3.04. The van der Waals surface area contributed by atoms with Crippen molar-refractivity contribution in [3.8, 4) is 0 Å². The fraction of sp³-hybridized carbons (Fsp3) is 0.294. The first-order valence-corrected chi connectivity index (χ1v) is 8.02. The van der Waals surface area contributed by atoms with Crippen LogP contribution >= 0.6 is 0 Å². The monoisotopic (exact) mass is 343 g/mol. The number of aromatic nitrogens is 4. The van der Waals surface area contributed by atoms with Crippen LogP contribution in [-0.2, 0) is 0 Å². The number of piperidine rings is 1. The van der Waals surface area contributed by atoms with Crippen LogP contribution in [0.1, 0.15) is 34.8 Å². The van der Waals surface area contributed by atoms with Crippen LogP contribution in [0.4, 0.5) is 8.78 Å². The maximum atomic E-state index is 13.3. The third-order valence-corrected chi connectivity index (χ3v) is 4.52. The quantitative estimate of drug-likeness (QED) is 0.776. The number of fused-ring (bicyclic) bond motifs is 1. The van der Waals surface area contributed by atoms with E-state index >= 15 is 0 Å². The molecule has 1 N–H and O–H groups in total. The van der Waals surface area contributed by atoms with Gasteiger partial charge < -0.3 is 4.90 Å². The molecule has 1 aliphatic heterocycles. The highest BCUT2D eigenvalue weighted by Crippen LogP contribution is 2.30. The van der Waals surface area contributed by atoms with Crippen LogP contribution in [0, 0.1) is 11.6 Å². The summed E-state index contributed by atoms with van der Waals surface area (Å²) in [5.74, 6) is -1.66. The number of hydrogen-bond donors (Lipinski definition) is 1. The molecule has 0 unspecified atom stereocenters. The Labute approximate surface area is 141 Å². The standard InChI is InChI=1S/C17H15F2N5O/c18-12-7-11(8-13(19)9-12)17(25)24-5-1-10(2-6-24)14-15-16(23-22-14)21-4-3-20-15/h3-4,7-10H,1-2,5-6H2,(H,21,22,23). The van der Waals surface area contributed by atoms with E-state index in [2.05, 4.69) is 20.2 Å². The Morgan fingerprint density at radius 2 is 1.76 bits per heavy atom. The summed E-state index contributed by atoms with van der Waals surface area (Å²) in [6.07, 6.45) is 4.65. The lowest BCUT2D eigenvalue weighted by atomic mass is 9.92. The lowest BCUT2D eigenvalue weighted by Crippen LogP contribution is -2.38. The molecule has 0 spiro atoms. The van der Waals surface area contributed by atoms with Crippen molar-refractivity contribution in [2.24, 2.45) is 0 Å². The zero-order chi connectivity index (χ0) is 17.4. The Balaban J connectivity index is 1.48. The summed E-state index contributed by atoms with van der Waals surface area (Å²) in [4.78, 5) is 22.6. The van der Waals surface area contributed by atoms with Crippen molar-refractivity contribution in [3.05, 3.63) is 53.5 Å². The van der Waals surface area contributed by atoms with Gasteiger partial charge in [-0.3, -0.25) is 9.89 Å². The van der Waals surface area contributed by atoms with Crippen LogP contribution in [0.2, 0.25) is 0 Å². The lowest BCUT2D eigenvalue weighted by Gasteiger charge is -2.31. The summed E-state index contributed by atoms with van der Waals surface area (Å²) in [6, 6.07) is 2.89. The third kappa shape index (κ3) is 2.95. The van der Waals surface area contributed by atoms with Crippen molar-refractivity contribution in [2.45, 2.75) is 18.8 Å². The van der Waals surface area contributed by atoms with Crippen LogP contribution in [0.15, 0.2) is 30.6 Å². The van der Waals surface area contributed by atoms with E-state index in [4.69, 9.17) is 0 Å². The van der Waals surface area contributed by atoms with Gasteiger partial charge in [0.05, 0.1) is 5.69 Å². The molecule has 128 valence electrons. The predicted octanol–water partition coefficient (Wildman–Crippen LogP) is 2.65. The molecule has 1 aliphatic rings. The molecule has 4 rings (SSSR count). The highest BCUT2D eigenvalue weighted by atomic mass is 19.1. The van der Waals surface area contributed by atoms with Crippen LogP contribution in [0.5, 0.6) is 0 Å². The number of H-pyrrole nitrogens is 1. The molecule has 3 aromatic rings. The number of halogens is 2. The Bertz CT molecular complexity index is 913. The molecule has 1 aromatic carbocycles. The number of carbonyl (C=O) groups excluding carboxylic acids is 1. The van der Waals surface area contributed by atoms with Crippen molar-refractivity contribution < 1.29 is 13.6 Å². The zero-order valence-electron chi connectivity index (χ0n) is 13.2. The molecule has 2 aromatic heterocycles. The maximum absolute atomic E-state index is 13.3. The third-order valence-electron chi connectivity index (χ3n) is 4.52. The smallest absolute Gasteiger partial charge is 0.254 e. The first-order chi connectivity index (χ1) is 12.1. The summed E-state index contributed by atoms with van der Waals surface area (Å²) in [5, 5.41) is 7.15. The normalized spacial score (nSPS) is 15.7. The van der Waals surface area contributed by atoms with E-state index in [0.717, 1.165) is 42.3 Å². The molecule has 25 heavy (non-hydrogen) atoms. The van der Waals surface area contributed by atoms with Gasteiger partial charge in [0.2, 0.25) is 0 Å². The number of benzene rings is 1. The molecule has 0 atom stereocenters. The van der Waals surface area contributed by atoms with Crippen LogP contribution in [0.3, 0.4) is 0 Å². The number of carbonyl (C=O) groups is 1. The van der Waals surface area contributed by atoms with E-state index in [1.807, 2.05) is 0 Å². The van der Waals surface area contributed by atoms with E-state index in [0.29, 0.717) is 18.7 Å². The van der Waals surface area contributed by atoms with E-state index in [1.54, 1.807) is 17.3 Å². The van der Waals surface area contributed by atoms with Crippen molar-refractivity contribution in [1.29, 1.82) is 0 Å². The van der Waals surface area contributed by atoms with Gasteiger partial charge in [0.15, 0.2) is 5.65 Å². The number of nitrogens with zero attached hydrogens (tertiary/aromatic N) is 4. The Kier molecular flexibility index (Phi) is 3.87. The van der Waals surface area contributed by atoms with Gasteiger partial charge in [-0.25, -0.2) is 18.7 Å². The molecular weight excluding hydrogens is 328 g/mol. The summed E-state index contributed by atoms with van der Waals surface area (Å²) in [6.45, 7) is 1.00. The molecule has 8 heteroatoms. The number of hydrogen-bond acceptors (Lipinski definition) is 4. The minimum absolute atomic E-state index is 0.0359. The zero-order valence-corrected chi connectivity index (χ0v) is 13.2. The fourth-order valence-corrected chi connectivity index (χ4v) is 3.28. The van der Waals surface area contributed by atoms with Gasteiger partial charge in [-0.1, -0.05) is 0 Å². The van der Waals surface area contributed by atoms with Gasteiger partial charge in [0.25, 0.3) is 5.91 Å². The average molecular weight is 343 g/mol. The number of aromatic amines is 1. The molecule has 1 amide bonds. The van der Waals surface area contributed by atoms with Crippen molar-refractivity contribution in [2.75, 3.05) is 13.1 Å². The second-order valence-electron chi connectivity index (χ2n) is 6.09. The first-order valence-electron chi connectivity index (χ1n) is 8.02. The predicted molar refractivity (Wildman–Crippen MR) is 85.9 cm³/mol. The fourth-order valence-electron chi connectivity index (χ4n) is 3.28. The largest absolute Gasteiger partial charge is 0.339 e. The van der Waals surface area contributed by atoms with Crippen molar-refractivity contribution >= 4 is 17.1 Å². The summed E-state index contributed by atoms with van der Waals surface area (Å²) < 4.78 is 26.6. The van der Waals surface area contributed by atoms with Gasteiger partial charge in [-0.15, -0.1) is 0 Å². The van der Waals surface area contributed by atoms with Gasteiger partial charge in [-0.05, 0) is 25.0 Å². The SMILES string of the molecule is O=C(c1cc(F)cc(F)c1)N1CCC(c2[nH]nc3nccnc23)CC1. The van der Waals surface area contributed by atoms with Gasteiger partial charge in [-0.2, -0.15) is 5.10 Å². The molecule has 3 heterocycles. The maximum Gasteiger partial charge on any atom is 0.254 e. The van der Waals surface area contributed by atoms with E-state index in [1.165, 1.54) is 0 Å². The Morgan fingerprint density at radius 1 is 1.08 bits per heavy atom. The molecule has 0 bridgehead atoms. The number of nitrogens with one attached hydrogen (secondary N) is 1. The molecular formula is C17H15F2N5O. The number of likely N-dealkylation sites (tertiary alicyclic amines) is 1. The Hall–Kier alpha value is -2.90. The van der Waals surface area contributed by atoms with Gasteiger partial charge in [0.1, 0.15) is 17.2 Å². The van der Waals surface area contributed by atoms with Crippen LogP contribution in [-0.4, -0.2) is 44.1 Å².